The van der Waals surface area contributed by atoms with E-state index in [9.17, 15) is 8.42 Å². The SMILES string of the molecule is CCOc1cccc2sc(NS(=O)(=O)c3ccc(OC)c(C(C)(C)C)c3)nc12. The third-order valence-electron chi connectivity index (χ3n) is 4.19. The van der Waals surface area contributed by atoms with Crippen molar-refractivity contribution in [2.45, 2.75) is 38.0 Å². The van der Waals surface area contributed by atoms with E-state index in [1.165, 1.54) is 17.4 Å². The number of fused-ring (bicyclic) bond motifs is 1. The molecule has 0 radical (unpaired) electrons. The van der Waals surface area contributed by atoms with E-state index in [0.717, 1.165) is 10.3 Å². The molecule has 3 aromatic rings. The van der Waals surface area contributed by atoms with Gasteiger partial charge in [0.1, 0.15) is 17.0 Å². The van der Waals surface area contributed by atoms with Gasteiger partial charge in [0.05, 0.1) is 23.3 Å². The number of para-hydroxylation sites is 1. The number of anilines is 1. The second-order valence-electron chi connectivity index (χ2n) is 7.27. The van der Waals surface area contributed by atoms with E-state index in [1.807, 2.05) is 45.9 Å². The van der Waals surface area contributed by atoms with Crippen LogP contribution in [0.15, 0.2) is 41.3 Å². The average molecular weight is 421 g/mol. The number of sulfonamides is 1. The van der Waals surface area contributed by atoms with Gasteiger partial charge in [-0.3, -0.25) is 4.72 Å². The Kier molecular flexibility index (Phi) is 5.54. The predicted octanol–water partition coefficient (Wildman–Crippen LogP) is 4.80. The summed E-state index contributed by atoms with van der Waals surface area (Å²) in [6.07, 6.45) is 0. The van der Waals surface area contributed by atoms with Crippen LogP contribution < -0.4 is 14.2 Å². The van der Waals surface area contributed by atoms with Crippen LogP contribution in [0.25, 0.3) is 10.2 Å². The Bertz CT molecular complexity index is 1100. The molecule has 8 heteroatoms. The highest BCUT2D eigenvalue weighted by Gasteiger charge is 2.24. The standard InChI is InChI=1S/C20H24N2O4S2/c1-6-26-16-8-7-9-17-18(16)21-19(27-17)22-28(23,24)13-10-11-15(25-5)14(12-13)20(2,3)4/h7-12H,6H2,1-5H3,(H,21,22). The van der Waals surface area contributed by atoms with Crippen LogP contribution in [0.3, 0.4) is 0 Å². The predicted molar refractivity (Wildman–Crippen MR) is 113 cm³/mol. The van der Waals surface area contributed by atoms with Crippen molar-refractivity contribution < 1.29 is 17.9 Å². The summed E-state index contributed by atoms with van der Waals surface area (Å²) in [5, 5.41) is 0.301. The Balaban J connectivity index is 1.98. The number of benzene rings is 2. The zero-order valence-electron chi connectivity index (χ0n) is 16.6. The summed E-state index contributed by atoms with van der Waals surface area (Å²) in [5.41, 5.74) is 1.21. The molecule has 0 saturated heterocycles. The van der Waals surface area contributed by atoms with Crippen LogP contribution >= 0.6 is 11.3 Å². The van der Waals surface area contributed by atoms with Gasteiger partial charge in [-0.2, -0.15) is 0 Å². The van der Waals surface area contributed by atoms with E-state index < -0.39 is 10.0 Å². The van der Waals surface area contributed by atoms with Crippen molar-refractivity contribution in [3.05, 3.63) is 42.0 Å². The van der Waals surface area contributed by atoms with Gasteiger partial charge in [0.15, 0.2) is 5.13 Å². The maximum Gasteiger partial charge on any atom is 0.263 e. The first-order chi connectivity index (χ1) is 13.2. The van der Waals surface area contributed by atoms with Crippen molar-refractivity contribution in [1.29, 1.82) is 0 Å². The first kappa shape index (κ1) is 20.4. The number of methoxy groups -OCH3 is 1. The van der Waals surface area contributed by atoms with Crippen LogP contribution in [0.4, 0.5) is 5.13 Å². The molecule has 150 valence electrons. The zero-order chi connectivity index (χ0) is 20.5. The molecule has 2 aromatic carbocycles. The molecule has 0 bridgehead atoms. The maximum atomic E-state index is 13.0. The minimum atomic E-state index is -3.79. The van der Waals surface area contributed by atoms with Gasteiger partial charge in [-0.1, -0.05) is 38.2 Å². The van der Waals surface area contributed by atoms with Crippen molar-refractivity contribution in [2.75, 3.05) is 18.4 Å². The van der Waals surface area contributed by atoms with Gasteiger partial charge in [0, 0.05) is 5.56 Å². The molecule has 1 aromatic heterocycles. The van der Waals surface area contributed by atoms with Crippen LogP contribution in [0.5, 0.6) is 11.5 Å². The molecule has 0 aliphatic heterocycles. The Morgan fingerprint density at radius 2 is 1.89 bits per heavy atom. The number of ether oxygens (including phenoxy) is 2. The maximum absolute atomic E-state index is 13.0. The van der Waals surface area contributed by atoms with Crippen molar-refractivity contribution >= 4 is 36.7 Å². The van der Waals surface area contributed by atoms with E-state index in [4.69, 9.17) is 9.47 Å². The minimum Gasteiger partial charge on any atom is -0.496 e. The number of hydrogen-bond donors (Lipinski definition) is 1. The van der Waals surface area contributed by atoms with Crippen molar-refractivity contribution in [3.63, 3.8) is 0 Å². The molecule has 0 atom stereocenters. The van der Waals surface area contributed by atoms with Crippen LogP contribution in [0.1, 0.15) is 33.3 Å². The molecule has 1 heterocycles. The highest BCUT2D eigenvalue weighted by atomic mass is 32.2. The Hall–Kier alpha value is -2.32. The average Bonchev–Trinajstić information content (AvgIpc) is 3.03. The molecule has 1 N–H and O–H groups in total. The van der Waals surface area contributed by atoms with E-state index in [-0.39, 0.29) is 10.3 Å². The fraction of sp³-hybridized carbons (Fsp3) is 0.350. The summed E-state index contributed by atoms with van der Waals surface area (Å²) in [4.78, 5) is 4.59. The monoisotopic (exact) mass is 420 g/mol. The molecule has 6 nitrogen and oxygen atoms in total. The lowest BCUT2D eigenvalue weighted by atomic mass is 9.86. The molecule has 28 heavy (non-hydrogen) atoms. The summed E-state index contributed by atoms with van der Waals surface area (Å²) in [7, 11) is -2.21. The number of nitrogens with one attached hydrogen (secondary N) is 1. The largest absolute Gasteiger partial charge is 0.496 e. The third kappa shape index (κ3) is 4.07. The molecule has 0 aliphatic carbocycles. The Morgan fingerprint density at radius 1 is 1.14 bits per heavy atom. The fourth-order valence-corrected chi connectivity index (χ4v) is 5.00. The van der Waals surface area contributed by atoms with Crippen LogP contribution in [-0.2, 0) is 15.4 Å². The Labute approximate surface area is 169 Å². The van der Waals surface area contributed by atoms with Crippen LogP contribution in [0.2, 0.25) is 0 Å². The van der Waals surface area contributed by atoms with Crippen LogP contribution in [-0.4, -0.2) is 27.1 Å². The minimum absolute atomic E-state index is 0.169. The highest BCUT2D eigenvalue weighted by molar-refractivity contribution is 7.93. The number of rotatable bonds is 6. The Morgan fingerprint density at radius 3 is 2.54 bits per heavy atom. The zero-order valence-corrected chi connectivity index (χ0v) is 18.2. The van der Waals surface area contributed by atoms with Gasteiger partial charge in [-0.15, -0.1) is 0 Å². The summed E-state index contributed by atoms with van der Waals surface area (Å²) in [6.45, 7) is 8.44. The second-order valence-corrected chi connectivity index (χ2v) is 9.99. The number of nitrogens with zero attached hydrogens (tertiary/aromatic N) is 1. The van der Waals surface area contributed by atoms with Crippen molar-refractivity contribution in [2.24, 2.45) is 0 Å². The number of thiazole rings is 1. The van der Waals surface area contributed by atoms with E-state index in [0.29, 0.717) is 28.8 Å². The first-order valence-corrected chi connectivity index (χ1v) is 11.2. The van der Waals surface area contributed by atoms with Crippen molar-refractivity contribution in [3.8, 4) is 11.5 Å². The molecule has 0 amide bonds. The molecule has 0 spiro atoms. The smallest absolute Gasteiger partial charge is 0.263 e. The molecule has 0 unspecified atom stereocenters. The van der Waals surface area contributed by atoms with E-state index in [1.54, 1.807) is 19.2 Å². The third-order valence-corrected chi connectivity index (χ3v) is 6.59. The molecular formula is C20H24N2O4S2. The van der Waals surface area contributed by atoms with Crippen molar-refractivity contribution in [1.82, 2.24) is 4.98 Å². The lowest BCUT2D eigenvalue weighted by Crippen LogP contribution is -2.17. The number of aromatic nitrogens is 1. The summed E-state index contributed by atoms with van der Waals surface area (Å²) >= 11 is 1.27. The lowest BCUT2D eigenvalue weighted by Gasteiger charge is -2.22. The van der Waals surface area contributed by atoms with Gasteiger partial charge in [0.2, 0.25) is 0 Å². The van der Waals surface area contributed by atoms with E-state index in [2.05, 4.69) is 9.71 Å². The molecule has 0 aliphatic rings. The van der Waals surface area contributed by atoms with Gasteiger partial charge in [0.25, 0.3) is 10.0 Å². The fourth-order valence-electron chi connectivity index (χ4n) is 2.85. The normalized spacial score (nSPS) is 12.2. The summed E-state index contributed by atoms with van der Waals surface area (Å²) in [6, 6.07) is 10.4. The molecule has 0 saturated carbocycles. The molecule has 3 rings (SSSR count). The van der Waals surface area contributed by atoms with Gasteiger partial charge < -0.3 is 9.47 Å². The van der Waals surface area contributed by atoms with E-state index >= 15 is 0 Å². The van der Waals surface area contributed by atoms with Crippen LogP contribution in [0, 0.1) is 0 Å². The second kappa shape index (κ2) is 7.60. The first-order valence-electron chi connectivity index (χ1n) is 8.89. The lowest BCUT2D eigenvalue weighted by molar-refractivity contribution is 0.344. The molecular weight excluding hydrogens is 396 g/mol. The van der Waals surface area contributed by atoms with Gasteiger partial charge in [-0.25, -0.2) is 13.4 Å². The molecule has 0 fully saturated rings. The van der Waals surface area contributed by atoms with Gasteiger partial charge >= 0.3 is 0 Å². The number of hydrogen-bond acceptors (Lipinski definition) is 6. The van der Waals surface area contributed by atoms with Gasteiger partial charge in [-0.05, 0) is 42.7 Å². The summed E-state index contributed by atoms with van der Waals surface area (Å²) in [5.74, 6) is 1.30. The highest BCUT2D eigenvalue weighted by Crippen LogP contribution is 2.35. The topological polar surface area (TPSA) is 77.5 Å². The quantitative estimate of drug-likeness (QED) is 0.620. The summed E-state index contributed by atoms with van der Waals surface area (Å²) < 4.78 is 40.3.